The van der Waals surface area contributed by atoms with E-state index in [1.54, 1.807) is 18.6 Å². The van der Waals surface area contributed by atoms with E-state index in [1.165, 1.54) is 0 Å². The molecule has 2 aromatic carbocycles. The monoisotopic (exact) mass is 407 g/mol. The highest BCUT2D eigenvalue weighted by molar-refractivity contribution is 6.35. The largest absolute Gasteiger partial charge is 0.338 e. The van der Waals surface area contributed by atoms with Crippen LogP contribution in [0.2, 0.25) is 10.0 Å². The zero-order valence-electron chi connectivity index (χ0n) is 13.9. The summed E-state index contributed by atoms with van der Waals surface area (Å²) in [5.74, 6) is 0. The summed E-state index contributed by atoms with van der Waals surface area (Å²) in [5.41, 5.74) is 1.71. The minimum atomic E-state index is -1.50. The van der Waals surface area contributed by atoms with E-state index in [9.17, 15) is 0 Å². The SMILES string of the molecule is Clc1ccc(CC2(c3ccccc3)OC2n2ccnc2)c(Cl)c1.O=[N+]([O-])O. The van der Waals surface area contributed by atoms with Gasteiger partial charge in [-0.1, -0.05) is 59.6 Å². The van der Waals surface area contributed by atoms with Crippen LogP contribution in [0, 0.1) is 10.1 Å². The first kappa shape index (κ1) is 19.2. The zero-order valence-corrected chi connectivity index (χ0v) is 15.4. The van der Waals surface area contributed by atoms with Crippen molar-refractivity contribution in [3.05, 3.63) is 98.5 Å². The molecule has 1 aromatic heterocycles. The number of ether oxygens (including phenoxy) is 1. The lowest BCUT2D eigenvalue weighted by atomic mass is 9.91. The molecule has 0 amide bonds. The Labute approximate surface area is 164 Å². The number of imidazole rings is 1. The van der Waals surface area contributed by atoms with Crippen LogP contribution in [0.4, 0.5) is 0 Å². The van der Waals surface area contributed by atoms with Crippen LogP contribution in [-0.4, -0.2) is 19.8 Å². The maximum Gasteiger partial charge on any atom is 0.291 e. The van der Waals surface area contributed by atoms with Crippen molar-refractivity contribution in [1.29, 1.82) is 0 Å². The number of benzene rings is 2. The van der Waals surface area contributed by atoms with Gasteiger partial charge < -0.3 is 14.5 Å². The molecule has 2 unspecified atom stereocenters. The van der Waals surface area contributed by atoms with Gasteiger partial charge in [0.15, 0.2) is 6.23 Å². The molecule has 7 nitrogen and oxygen atoms in total. The Balaban J connectivity index is 0.000000481. The molecule has 2 atom stereocenters. The molecule has 0 spiro atoms. The van der Waals surface area contributed by atoms with Crippen molar-refractivity contribution in [1.82, 2.24) is 9.55 Å². The predicted molar refractivity (Wildman–Crippen MR) is 99.4 cm³/mol. The van der Waals surface area contributed by atoms with Gasteiger partial charge in [-0.05, 0) is 23.3 Å². The Kier molecular flexibility index (Phi) is 5.65. The molecule has 140 valence electrons. The van der Waals surface area contributed by atoms with Gasteiger partial charge in [-0.15, -0.1) is 10.1 Å². The van der Waals surface area contributed by atoms with Crippen LogP contribution in [0.15, 0.2) is 67.3 Å². The summed E-state index contributed by atoms with van der Waals surface area (Å²) in [6.45, 7) is 0. The van der Waals surface area contributed by atoms with E-state index < -0.39 is 10.7 Å². The van der Waals surface area contributed by atoms with Gasteiger partial charge in [0.05, 0.1) is 6.33 Å². The Morgan fingerprint density at radius 3 is 2.56 bits per heavy atom. The lowest BCUT2D eigenvalue weighted by Gasteiger charge is -2.15. The van der Waals surface area contributed by atoms with Gasteiger partial charge in [-0.3, -0.25) is 0 Å². The van der Waals surface area contributed by atoms with Crippen LogP contribution in [0.5, 0.6) is 0 Å². The summed E-state index contributed by atoms with van der Waals surface area (Å²) in [6, 6.07) is 15.8. The molecular formula is C18H15Cl2N3O4. The van der Waals surface area contributed by atoms with Gasteiger partial charge in [0.25, 0.3) is 5.09 Å². The van der Waals surface area contributed by atoms with Crippen molar-refractivity contribution in [2.45, 2.75) is 18.2 Å². The van der Waals surface area contributed by atoms with Crippen LogP contribution >= 0.6 is 23.2 Å². The van der Waals surface area contributed by atoms with Crippen molar-refractivity contribution in [2.24, 2.45) is 0 Å². The van der Waals surface area contributed by atoms with Crippen molar-refractivity contribution in [3.63, 3.8) is 0 Å². The highest BCUT2D eigenvalue weighted by atomic mass is 35.5. The van der Waals surface area contributed by atoms with E-state index >= 15 is 0 Å². The highest BCUT2D eigenvalue weighted by Crippen LogP contribution is 2.56. The first-order valence-electron chi connectivity index (χ1n) is 7.90. The molecule has 1 saturated heterocycles. The molecule has 0 aliphatic carbocycles. The van der Waals surface area contributed by atoms with Gasteiger partial charge in [0.1, 0.15) is 5.60 Å². The molecule has 0 radical (unpaired) electrons. The second kappa shape index (κ2) is 7.96. The van der Waals surface area contributed by atoms with Crippen molar-refractivity contribution in [2.75, 3.05) is 0 Å². The van der Waals surface area contributed by atoms with Crippen LogP contribution in [0.3, 0.4) is 0 Å². The fourth-order valence-electron chi connectivity index (χ4n) is 2.98. The van der Waals surface area contributed by atoms with E-state index in [4.69, 9.17) is 43.3 Å². The number of aromatic nitrogens is 2. The van der Waals surface area contributed by atoms with Gasteiger partial charge in [-0.2, -0.15) is 0 Å². The first-order chi connectivity index (χ1) is 12.9. The summed E-state index contributed by atoms with van der Waals surface area (Å²) in [4.78, 5) is 12.5. The normalized spacial score (nSPS) is 20.4. The lowest BCUT2D eigenvalue weighted by Crippen LogP contribution is -2.16. The maximum atomic E-state index is 8.36. The van der Waals surface area contributed by atoms with E-state index in [-0.39, 0.29) is 6.23 Å². The third-order valence-corrected chi connectivity index (χ3v) is 4.78. The minimum Gasteiger partial charge on any atom is -0.338 e. The van der Waals surface area contributed by atoms with E-state index in [0.717, 1.165) is 11.1 Å². The van der Waals surface area contributed by atoms with Gasteiger partial charge in [0.2, 0.25) is 0 Å². The number of nitrogens with zero attached hydrogens (tertiary/aromatic N) is 3. The Morgan fingerprint density at radius 2 is 1.96 bits per heavy atom. The highest BCUT2D eigenvalue weighted by Gasteiger charge is 2.59. The number of hydrogen-bond donors (Lipinski definition) is 1. The van der Waals surface area contributed by atoms with Gasteiger partial charge in [0, 0.05) is 28.9 Å². The Hall–Kier alpha value is -2.61. The molecule has 27 heavy (non-hydrogen) atoms. The summed E-state index contributed by atoms with van der Waals surface area (Å²) >= 11 is 12.4. The van der Waals surface area contributed by atoms with Crippen molar-refractivity contribution >= 4 is 23.2 Å². The molecule has 0 bridgehead atoms. The summed E-state index contributed by atoms with van der Waals surface area (Å²) in [6.07, 6.45) is 6.04. The molecule has 1 fully saturated rings. The minimum absolute atomic E-state index is 0.0841. The average molecular weight is 408 g/mol. The molecule has 2 heterocycles. The van der Waals surface area contributed by atoms with Crippen LogP contribution in [0.25, 0.3) is 0 Å². The maximum absolute atomic E-state index is 8.36. The standard InChI is InChI=1S/C18H14Cl2N2O.HNO3/c19-15-7-6-13(16(20)10-15)11-18(14-4-2-1-3-5-14)17(23-18)22-9-8-21-12-22;2-1(3)4/h1-10,12,17H,11H2;(H,2,3,4). The number of rotatable bonds is 4. The smallest absolute Gasteiger partial charge is 0.291 e. The lowest BCUT2D eigenvalue weighted by molar-refractivity contribution is -0.742. The molecule has 1 aliphatic rings. The number of hydrogen-bond acceptors (Lipinski definition) is 4. The summed E-state index contributed by atoms with van der Waals surface area (Å²) in [7, 11) is 0. The Bertz CT molecular complexity index is 918. The predicted octanol–water partition coefficient (Wildman–Crippen LogP) is 4.51. The molecular weight excluding hydrogens is 393 g/mol. The van der Waals surface area contributed by atoms with E-state index in [0.29, 0.717) is 16.5 Å². The van der Waals surface area contributed by atoms with E-state index in [2.05, 4.69) is 17.1 Å². The molecule has 1 N–H and O–H groups in total. The van der Waals surface area contributed by atoms with Gasteiger partial charge in [-0.25, -0.2) is 4.98 Å². The summed E-state index contributed by atoms with van der Waals surface area (Å²) in [5, 5.41) is 14.9. The van der Waals surface area contributed by atoms with Crippen LogP contribution < -0.4 is 0 Å². The Morgan fingerprint density at radius 1 is 1.26 bits per heavy atom. The molecule has 9 heteroatoms. The van der Waals surface area contributed by atoms with Crippen LogP contribution in [0.1, 0.15) is 17.4 Å². The third-order valence-electron chi connectivity index (χ3n) is 4.19. The van der Waals surface area contributed by atoms with E-state index in [1.807, 2.05) is 41.1 Å². The average Bonchev–Trinajstić information content (AvgIpc) is 3.09. The molecule has 1 aliphatic heterocycles. The van der Waals surface area contributed by atoms with Crippen LogP contribution in [-0.2, 0) is 16.8 Å². The fourth-order valence-corrected chi connectivity index (χ4v) is 3.46. The molecule has 3 aromatic rings. The van der Waals surface area contributed by atoms with Crippen molar-refractivity contribution < 1.29 is 15.0 Å². The topological polar surface area (TPSA) is 93.7 Å². The van der Waals surface area contributed by atoms with Crippen molar-refractivity contribution in [3.8, 4) is 0 Å². The number of epoxide rings is 1. The quantitative estimate of drug-likeness (QED) is 0.390. The summed E-state index contributed by atoms with van der Waals surface area (Å²) < 4.78 is 8.14. The second-order valence-electron chi connectivity index (χ2n) is 5.89. The van der Waals surface area contributed by atoms with Gasteiger partial charge >= 0.3 is 0 Å². The number of halogens is 2. The fraction of sp³-hybridized carbons (Fsp3) is 0.167. The molecule has 0 saturated carbocycles. The third kappa shape index (κ3) is 4.39. The zero-order chi connectivity index (χ0) is 19.4. The first-order valence-corrected chi connectivity index (χ1v) is 8.66. The second-order valence-corrected chi connectivity index (χ2v) is 6.73. The molecule has 4 rings (SSSR count).